The van der Waals surface area contributed by atoms with Crippen molar-refractivity contribution in [1.29, 1.82) is 0 Å². The second-order valence-electron chi connectivity index (χ2n) is 13.2. The van der Waals surface area contributed by atoms with Crippen LogP contribution in [0.25, 0.3) is 93.6 Å². The van der Waals surface area contributed by atoms with E-state index in [1.807, 2.05) is 0 Å². The van der Waals surface area contributed by atoms with Gasteiger partial charge in [-0.2, -0.15) is 0 Å². The summed E-state index contributed by atoms with van der Waals surface area (Å²) in [4.78, 5) is 0. The summed E-state index contributed by atoms with van der Waals surface area (Å²) in [5.41, 5.74) is 16.0. The second-order valence-corrected chi connectivity index (χ2v) is 13.2. The third-order valence-corrected chi connectivity index (χ3v) is 10.7. The lowest BCUT2D eigenvalue weighted by Gasteiger charge is -2.24. The smallest absolute Gasteiger partial charge is 0.146 e. The van der Waals surface area contributed by atoms with E-state index in [1.165, 1.54) is 93.5 Å². The molecule has 210 valence electrons. The molecule has 0 unspecified atom stereocenters. The van der Waals surface area contributed by atoms with Crippen LogP contribution in [0.3, 0.4) is 0 Å². The molecule has 2 nitrogen and oxygen atoms in total. The van der Waals surface area contributed by atoms with Crippen LogP contribution in [0.1, 0.15) is 25.0 Å². The normalized spacial score (nSPS) is 14.2. The van der Waals surface area contributed by atoms with Crippen molar-refractivity contribution in [3.63, 3.8) is 0 Å². The maximum Gasteiger partial charge on any atom is 0.146 e. The minimum Gasteiger partial charge on any atom is -0.455 e. The highest BCUT2D eigenvalue weighted by atomic mass is 16.3. The molecule has 0 saturated carbocycles. The summed E-state index contributed by atoms with van der Waals surface area (Å²) in [6.07, 6.45) is 0. The van der Waals surface area contributed by atoms with Gasteiger partial charge < -0.3 is 8.98 Å². The zero-order valence-corrected chi connectivity index (χ0v) is 25.0. The molecule has 9 aromatic rings. The maximum absolute atomic E-state index is 6.90. The molecular formula is C43H27NO. The molecule has 2 heterocycles. The van der Waals surface area contributed by atoms with Crippen molar-refractivity contribution in [1.82, 2.24) is 4.57 Å². The van der Waals surface area contributed by atoms with Gasteiger partial charge in [-0.05, 0) is 68.1 Å². The average Bonchev–Trinajstić information content (AvgIpc) is 3.78. The third-order valence-electron chi connectivity index (χ3n) is 10.7. The quantitative estimate of drug-likeness (QED) is 0.191. The summed E-state index contributed by atoms with van der Waals surface area (Å²) in [7, 11) is 0. The van der Waals surface area contributed by atoms with Crippen molar-refractivity contribution in [2.75, 3.05) is 0 Å². The molecule has 0 amide bonds. The molecule has 0 N–H and O–H groups in total. The largest absolute Gasteiger partial charge is 0.455 e. The lowest BCUT2D eigenvalue weighted by molar-refractivity contribution is 0.662. The molecule has 11 rings (SSSR count). The molecule has 0 bridgehead atoms. The van der Waals surface area contributed by atoms with E-state index in [4.69, 9.17) is 4.42 Å². The Kier molecular flexibility index (Phi) is 4.19. The topological polar surface area (TPSA) is 18.1 Å². The van der Waals surface area contributed by atoms with Gasteiger partial charge in [0.2, 0.25) is 0 Å². The predicted molar refractivity (Wildman–Crippen MR) is 188 cm³/mol. The molecule has 0 saturated heterocycles. The van der Waals surface area contributed by atoms with Gasteiger partial charge in [0.1, 0.15) is 11.2 Å². The van der Waals surface area contributed by atoms with Crippen LogP contribution >= 0.6 is 0 Å². The number of benzene rings is 7. The summed E-state index contributed by atoms with van der Waals surface area (Å²) in [6, 6.07) is 46.7. The van der Waals surface area contributed by atoms with Crippen LogP contribution in [0.4, 0.5) is 0 Å². The minimum atomic E-state index is -0.214. The molecule has 0 radical (unpaired) electrons. The number of rotatable bonds is 1. The third kappa shape index (κ3) is 2.70. The Hall–Kier alpha value is -5.60. The second kappa shape index (κ2) is 7.91. The summed E-state index contributed by atoms with van der Waals surface area (Å²) < 4.78 is 9.45. The van der Waals surface area contributed by atoms with Crippen molar-refractivity contribution in [3.8, 4) is 39.1 Å². The summed E-state index contributed by atoms with van der Waals surface area (Å²) in [6.45, 7) is 4.80. The van der Waals surface area contributed by atoms with E-state index in [1.54, 1.807) is 0 Å². The molecule has 2 heteroatoms. The van der Waals surface area contributed by atoms with Crippen molar-refractivity contribution in [2.24, 2.45) is 0 Å². The Morgan fingerprint density at radius 1 is 0.511 bits per heavy atom. The summed E-state index contributed by atoms with van der Waals surface area (Å²) in [5.74, 6) is 0. The fourth-order valence-corrected chi connectivity index (χ4v) is 8.92. The highest BCUT2D eigenvalue weighted by molar-refractivity contribution is 6.30. The van der Waals surface area contributed by atoms with Gasteiger partial charge in [-0.3, -0.25) is 0 Å². The zero-order chi connectivity index (χ0) is 29.6. The van der Waals surface area contributed by atoms with Crippen LogP contribution in [0.5, 0.6) is 0 Å². The van der Waals surface area contributed by atoms with Gasteiger partial charge in [0.05, 0.1) is 22.1 Å². The fraction of sp³-hybridized carbons (Fsp3) is 0.0698. The Morgan fingerprint density at radius 2 is 1.16 bits per heavy atom. The molecule has 2 aliphatic rings. The Morgan fingerprint density at radius 3 is 2.00 bits per heavy atom. The lowest BCUT2D eigenvalue weighted by Crippen LogP contribution is -2.16. The monoisotopic (exact) mass is 573 g/mol. The highest BCUT2D eigenvalue weighted by Crippen LogP contribution is 2.58. The first-order valence-electron chi connectivity index (χ1n) is 15.8. The van der Waals surface area contributed by atoms with Crippen LogP contribution in [0.15, 0.2) is 132 Å². The lowest BCUT2D eigenvalue weighted by atomic mass is 9.81. The van der Waals surface area contributed by atoms with Crippen molar-refractivity contribution < 1.29 is 4.42 Å². The molecule has 0 atom stereocenters. The van der Waals surface area contributed by atoms with Crippen LogP contribution < -0.4 is 0 Å². The summed E-state index contributed by atoms with van der Waals surface area (Å²) >= 11 is 0. The van der Waals surface area contributed by atoms with E-state index >= 15 is 0 Å². The van der Waals surface area contributed by atoms with Gasteiger partial charge in [-0.25, -0.2) is 0 Å². The number of aromatic nitrogens is 1. The standard InChI is InChI=1S/C43H27NO/c1-43(2)32-19-8-5-14-28(32)37-38-31-16-7-10-21-35(31)45-42(38)39-30-15-6-9-20-33(30)44(41(39)40(37)43)34-23-22-27-25-13-4-3-12-24(25)26-17-11-18-29(34)36(26)27/h3-23H,1-2H3. The summed E-state index contributed by atoms with van der Waals surface area (Å²) in [5, 5.41) is 7.44. The SMILES string of the molecule is CC1(C)c2ccccc2-c2c1c1c(c3ccccc3n1-c1ccc3c4c(cccc14)-c1ccccc1-3)c1oc3ccccc3c21. The van der Waals surface area contributed by atoms with Gasteiger partial charge in [0.25, 0.3) is 0 Å². The average molecular weight is 574 g/mol. The molecule has 2 aromatic heterocycles. The van der Waals surface area contributed by atoms with E-state index in [0.717, 1.165) is 11.2 Å². The van der Waals surface area contributed by atoms with Crippen LogP contribution in [-0.2, 0) is 5.41 Å². The van der Waals surface area contributed by atoms with E-state index < -0.39 is 0 Å². The van der Waals surface area contributed by atoms with Crippen LogP contribution in [-0.4, -0.2) is 4.57 Å². The molecule has 0 spiro atoms. The predicted octanol–water partition coefficient (Wildman–Crippen LogP) is 11.8. The van der Waals surface area contributed by atoms with Gasteiger partial charge in [0, 0.05) is 27.0 Å². The molecular weight excluding hydrogens is 546 g/mol. The molecule has 45 heavy (non-hydrogen) atoms. The number of furan rings is 1. The van der Waals surface area contributed by atoms with E-state index in [2.05, 4.69) is 146 Å². The first-order valence-corrected chi connectivity index (χ1v) is 15.8. The molecule has 0 aliphatic heterocycles. The van der Waals surface area contributed by atoms with Crippen LogP contribution in [0.2, 0.25) is 0 Å². The number of hydrogen-bond donors (Lipinski definition) is 0. The van der Waals surface area contributed by atoms with Crippen molar-refractivity contribution >= 4 is 54.5 Å². The Balaban J connectivity index is 1.41. The Labute approximate surface area is 259 Å². The van der Waals surface area contributed by atoms with E-state index in [-0.39, 0.29) is 5.41 Å². The number of nitrogens with zero attached hydrogens (tertiary/aromatic N) is 1. The first kappa shape index (κ1) is 23.8. The van der Waals surface area contributed by atoms with Crippen molar-refractivity contribution in [3.05, 3.63) is 139 Å². The van der Waals surface area contributed by atoms with E-state index in [9.17, 15) is 0 Å². The van der Waals surface area contributed by atoms with Gasteiger partial charge in [-0.15, -0.1) is 0 Å². The highest BCUT2D eigenvalue weighted by Gasteiger charge is 2.41. The maximum atomic E-state index is 6.90. The van der Waals surface area contributed by atoms with Gasteiger partial charge >= 0.3 is 0 Å². The first-order chi connectivity index (χ1) is 22.1. The zero-order valence-electron chi connectivity index (χ0n) is 25.0. The molecule has 7 aromatic carbocycles. The van der Waals surface area contributed by atoms with Gasteiger partial charge in [-0.1, -0.05) is 123 Å². The molecule has 2 aliphatic carbocycles. The number of para-hydroxylation sites is 2. The number of fused-ring (bicyclic) bond motifs is 15. The molecule has 0 fully saturated rings. The minimum absolute atomic E-state index is 0.214. The van der Waals surface area contributed by atoms with Gasteiger partial charge in [0.15, 0.2) is 0 Å². The number of hydrogen-bond acceptors (Lipinski definition) is 1. The van der Waals surface area contributed by atoms with Crippen molar-refractivity contribution in [2.45, 2.75) is 19.3 Å². The fourth-order valence-electron chi connectivity index (χ4n) is 8.92. The van der Waals surface area contributed by atoms with E-state index in [0.29, 0.717) is 0 Å². The van der Waals surface area contributed by atoms with Crippen LogP contribution in [0, 0.1) is 0 Å². The Bertz CT molecular complexity index is 2760.